The van der Waals surface area contributed by atoms with E-state index in [1.165, 1.54) is 12.5 Å². The first-order valence-corrected chi connectivity index (χ1v) is 9.32. The Kier molecular flexibility index (Phi) is 3.97. The Labute approximate surface area is 147 Å². The third-order valence-corrected chi connectivity index (χ3v) is 6.92. The molecule has 4 heteroatoms. The predicted octanol–water partition coefficient (Wildman–Crippen LogP) is 3.85. The number of carbonyl (C=O) groups is 2. The highest BCUT2D eigenvalue weighted by Gasteiger charge is 2.62. The highest BCUT2D eigenvalue weighted by atomic mass is 19.1. The molecule has 0 unspecified atom stereocenters. The van der Waals surface area contributed by atoms with Gasteiger partial charge in [-0.2, -0.15) is 0 Å². The van der Waals surface area contributed by atoms with Crippen LogP contribution in [0.25, 0.3) is 0 Å². The number of alkyl halides is 1. The molecule has 0 aromatic heterocycles. The van der Waals surface area contributed by atoms with Gasteiger partial charge in [0.15, 0.2) is 0 Å². The van der Waals surface area contributed by atoms with Gasteiger partial charge in [-0.25, -0.2) is 4.39 Å². The quantitative estimate of drug-likeness (QED) is 0.766. The van der Waals surface area contributed by atoms with Gasteiger partial charge >= 0.3 is 5.97 Å². The van der Waals surface area contributed by atoms with E-state index in [9.17, 15) is 9.59 Å². The molecule has 0 saturated heterocycles. The Hall–Kier alpha value is -1.71. The van der Waals surface area contributed by atoms with E-state index < -0.39 is 17.6 Å². The number of halogens is 1. The molecule has 2 fully saturated rings. The minimum absolute atomic E-state index is 0.0455. The summed E-state index contributed by atoms with van der Waals surface area (Å²) in [5, 5.41) is 0. The van der Waals surface area contributed by atoms with Crippen LogP contribution < -0.4 is 0 Å². The maximum absolute atomic E-state index is 15.5. The molecule has 1 aromatic carbocycles. The van der Waals surface area contributed by atoms with E-state index >= 15 is 4.39 Å². The average molecular weight is 344 g/mol. The number of rotatable bonds is 2. The Balaban J connectivity index is 1.76. The number of benzene rings is 1. The van der Waals surface area contributed by atoms with Gasteiger partial charge in [-0.3, -0.25) is 9.59 Å². The summed E-state index contributed by atoms with van der Waals surface area (Å²) in [5.41, 5.74) is 1.56. The molecule has 2 saturated carbocycles. The number of esters is 1. The van der Waals surface area contributed by atoms with Gasteiger partial charge in [0.1, 0.15) is 18.6 Å². The van der Waals surface area contributed by atoms with E-state index in [1.54, 1.807) is 0 Å². The van der Waals surface area contributed by atoms with Crippen molar-refractivity contribution in [1.82, 2.24) is 0 Å². The van der Waals surface area contributed by atoms with Crippen LogP contribution in [-0.4, -0.2) is 24.5 Å². The molecule has 1 aromatic rings. The molecular weight excluding hydrogens is 319 g/mol. The zero-order valence-corrected chi connectivity index (χ0v) is 14.8. The van der Waals surface area contributed by atoms with E-state index in [2.05, 4.69) is 19.1 Å². The number of Topliss-reactive ketones (excluding diaryl/α,β-unsaturated/α-hetero) is 1. The first-order chi connectivity index (χ1) is 11.9. The van der Waals surface area contributed by atoms with Crippen LogP contribution in [0.3, 0.4) is 0 Å². The summed E-state index contributed by atoms with van der Waals surface area (Å²) in [5.74, 6) is 0.131. The molecule has 0 bridgehead atoms. The maximum Gasteiger partial charge on any atom is 0.302 e. The van der Waals surface area contributed by atoms with Crippen molar-refractivity contribution in [2.75, 3.05) is 6.61 Å². The number of hydrogen-bond donors (Lipinski definition) is 0. The summed E-state index contributed by atoms with van der Waals surface area (Å²) in [6.07, 6.45) is 1.32. The first kappa shape index (κ1) is 16.7. The van der Waals surface area contributed by atoms with Crippen LogP contribution in [0.4, 0.5) is 4.39 Å². The molecule has 4 rings (SSSR count). The second-order valence-corrected chi connectivity index (χ2v) is 8.21. The lowest BCUT2D eigenvalue weighted by Gasteiger charge is -2.52. The largest absolute Gasteiger partial charge is 0.465 e. The van der Waals surface area contributed by atoms with Crippen LogP contribution in [0.2, 0.25) is 0 Å². The van der Waals surface area contributed by atoms with Crippen molar-refractivity contribution in [3.63, 3.8) is 0 Å². The zero-order valence-electron chi connectivity index (χ0n) is 14.8. The lowest BCUT2D eigenvalue weighted by atomic mass is 9.52. The van der Waals surface area contributed by atoms with E-state index in [0.717, 1.165) is 18.4 Å². The SMILES string of the molecule is CC(=O)OC[C@]12C[C@H](F)[C@@H]3c4ccccc4C[C@@H](C)[C@H]3[C@@H]1CCC2=O. The van der Waals surface area contributed by atoms with Crippen molar-refractivity contribution < 1.29 is 18.7 Å². The fourth-order valence-corrected chi connectivity index (χ4v) is 5.97. The molecule has 3 nitrogen and oxygen atoms in total. The van der Waals surface area contributed by atoms with Crippen molar-refractivity contribution in [1.29, 1.82) is 0 Å². The van der Waals surface area contributed by atoms with Crippen molar-refractivity contribution in [2.45, 2.75) is 51.6 Å². The Morgan fingerprint density at radius 2 is 2.12 bits per heavy atom. The minimum atomic E-state index is -1.07. The maximum atomic E-state index is 15.5. The summed E-state index contributed by atoms with van der Waals surface area (Å²) in [6, 6.07) is 8.17. The molecule has 0 N–H and O–H groups in total. The Morgan fingerprint density at radius 1 is 1.36 bits per heavy atom. The van der Waals surface area contributed by atoms with Crippen molar-refractivity contribution >= 4 is 11.8 Å². The summed E-state index contributed by atoms with van der Waals surface area (Å²) in [4.78, 5) is 24.1. The fraction of sp³-hybridized carbons (Fsp3) is 0.619. The van der Waals surface area contributed by atoms with Crippen LogP contribution in [0.5, 0.6) is 0 Å². The van der Waals surface area contributed by atoms with E-state index in [-0.39, 0.29) is 36.6 Å². The van der Waals surface area contributed by atoms with Gasteiger partial charge < -0.3 is 4.74 Å². The molecule has 3 aliphatic carbocycles. The Morgan fingerprint density at radius 3 is 2.88 bits per heavy atom. The number of hydrogen-bond acceptors (Lipinski definition) is 3. The fourth-order valence-electron chi connectivity index (χ4n) is 5.97. The van der Waals surface area contributed by atoms with Gasteiger partial charge in [-0.15, -0.1) is 0 Å². The van der Waals surface area contributed by atoms with Crippen LogP contribution in [0.15, 0.2) is 24.3 Å². The second-order valence-electron chi connectivity index (χ2n) is 8.21. The van der Waals surface area contributed by atoms with Crippen molar-refractivity contribution in [3.05, 3.63) is 35.4 Å². The summed E-state index contributed by atoms with van der Waals surface area (Å²) in [6.45, 7) is 3.58. The lowest BCUT2D eigenvalue weighted by molar-refractivity contribution is -0.155. The second kappa shape index (κ2) is 5.93. The average Bonchev–Trinajstić information content (AvgIpc) is 2.89. The molecule has 0 radical (unpaired) electrons. The first-order valence-electron chi connectivity index (χ1n) is 9.32. The predicted molar refractivity (Wildman–Crippen MR) is 91.9 cm³/mol. The molecule has 0 amide bonds. The van der Waals surface area contributed by atoms with Gasteiger partial charge in [0.25, 0.3) is 0 Å². The topological polar surface area (TPSA) is 43.4 Å². The van der Waals surface area contributed by atoms with Gasteiger partial charge in [0, 0.05) is 19.3 Å². The van der Waals surface area contributed by atoms with Crippen LogP contribution in [-0.2, 0) is 20.7 Å². The van der Waals surface area contributed by atoms with Crippen LogP contribution in [0, 0.1) is 23.2 Å². The Bertz CT molecular complexity index is 715. The molecule has 25 heavy (non-hydrogen) atoms. The van der Waals surface area contributed by atoms with Gasteiger partial charge in [-0.05, 0) is 48.1 Å². The summed E-state index contributed by atoms with van der Waals surface area (Å²) < 4.78 is 20.7. The van der Waals surface area contributed by atoms with E-state index in [0.29, 0.717) is 12.3 Å². The van der Waals surface area contributed by atoms with Crippen LogP contribution in [0.1, 0.15) is 50.2 Å². The zero-order chi connectivity index (χ0) is 17.8. The monoisotopic (exact) mass is 344 g/mol. The molecular formula is C21H25FO3. The molecule has 6 atom stereocenters. The third-order valence-electron chi connectivity index (χ3n) is 6.92. The molecule has 0 spiro atoms. The number of ether oxygens (including phenoxy) is 1. The minimum Gasteiger partial charge on any atom is -0.465 e. The molecule has 0 heterocycles. The van der Waals surface area contributed by atoms with E-state index in [1.807, 2.05) is 12.1 Å². The molecule has 134 valence electrons. The molecule has 3 aliphatic rings. The van der Waals surface area contributed by atoms with Crippen molar-refractivity contribution in [2.24, 2.45) is 23.2 Å². The van der Waals surface area contributed by atoms with Gasteiger partial charge in [0.2, 0.25) is 0 Å². The summed E-state index contributed by atoms with van der Waals surface area (Å²) >= 11 is 0. The lowest BCUT2D eigenvalue weighted by Crippen LogP contribution is -2.53. The highest BCUT2D eigenvalue weighted by molar-refractivity contribution is 5.88. The highest BCUT2D eigenvalue weighted by Crippen LogP contribution is 2.61. The van der Waals surface area contributed by atoms with Crippen molar-refractivity contribution in [3.8, 4) is 0 Å². The normalized spacial score (nSPS) is 39.3. The number of carbonyl (C=O) groups excluding carboxylic acids is 2. The van der Waals surface area contributed by atoms with Crippen LogP contribution >= 0.6 is 0 Å². The van der Waals surface area contributed by atoms with Gasteiger partial charge in [0.05, 0.1) is 5.41 Å². The number of ketones is 1. The third kappa shape index (κ3) is 2.44. The van der Waals surface area contributed by atoms with Gasteiger partial charge in [-0.1, -0.05) is 31.2 Å². The summed E-state index contributed by atoms with van der Waals surface area (Å²) in [7, 11) is 0. The molecule has 0 aliphatic heterocycles. The van der Waals surface area contributed by atoms with E-state index in [4.69, 9.17) is 4.74 Å². The number of fused-ring (bicyclic) bond motifs is 5. The smallest absolute Gasteiger partial charge is 0.302 e. The standard InChI is InChI=1S/C21H25FO3/c1-12-9-14-5-3-4-6-15(14)20-17(22)10-21(11-25-13(2)23)16(19(12)20)7-8-18(21)24/h3-6,12,16-17,19-20H,7-11H2,1-2H3/t12-,16+,17+,19+,20+,21-/m1/s1.